The number of hydrogen-bond donors (Lipinski definition) is 1. The van der Waals surface area contributed by atoms with Crippen molar-refractivity contribution in [3.63, 3.8) is 0 Å². The Morgan fingerprint density at radius 1 is 1.86 bits per heavy atom. The highest BCUT2D eigenvalue weighted by Gasteiger charge is 2.02. The van der Waals surface area contributed by atoms with Crippen LogP contribution in [0, 0.1) is 0 Å². The lowest BCUT2D eigenvalue weighted by molar-refractivity contribution is 0.171. The van der Waals surface area contributed by atoms with Gasteiger partial charge < -0.3 is 4.84 Å². The minimum absolute atomic E-state index is 0.708. The van der Waals surface area contributed by atoms with Crippen molar-refractivity contribution in [2.45, 2.75) is 6.92 Å². The summed E-state index contributed by atoms with van der Waals surface area (Å²) in [5, 5.41) is 0. The number of hydroxylamine groups is 1. The third-order valence-electron chi connectivity index (χ3n) is 0.897. The van der Waals surface area contributed by atoms with Crippen LogP contribution in [0.4, 0.5) is 0 Å². The first-order valence-electron chi connectivity index (χ1n) is 2.09. The quantitative estimate of drug-likeness (QED) is 0.485. The topological polar surface area (TPSA) is 21.3 Å². The summed E-state index contributed by atoms with van der Waals surface area (Å²) in [6.45, 7) is 5.52. The van der Waals surface area contributed by atoms with E-state index in [9.17, 15) is 0 Å². The van der Waals surface area contributed by atoms with Gasteiger partial charge in [0.05, 0.1) is 0 Å². The maximum absolute atomic E-state index is 4.73. The fraction of sp³-hybridized carbons (Fsp3) is 0.200. The van der Waals surface area contributed by atoms with Crippen LogP contribution in [0.25, 0.3) is 0 Å². The van der Waals surface area contributed by atoms with Crippen LogP contribution in [0.15, 0.2) is 24.1 Å². The molecule has 0 amide bonds. The predicted molar refractivity (Wildman–Crippen MR) is 27.1 cm³/mol. The van der Waals surface area contributed by atoms with Gasteiger partial charge in [0.2, 0.25) is 0 Å². The Hall–Kier alpha value is -0.920. The van der Waals surface area contributed by atoms with E-state index in [-0.39, 0.29) is 0 Å². The Labute approximate surface area is 42.4 Å². The maximum atomic E-state index is 4.73. The Bertz CT molecular complexity index is 126. The zero-order valence-corrected chi connectivity index (χ0v) is 4.19. The molecule has 38 valence electrons. The van der Waals surface area contributed by atoms with E-state index in [1.807, 2.05) is 6.92 Å². The molecule has 0 fully saturated rings. The van der Waals surface area contributed by atoms with Crippen molar-refractivity contribution in [1.29, 1.82) is 0 Å². The molecular weight excluding hydrogens is 90.1 g/mol. The normalized spacial score (nSPS) is 17.9. The summed E-state index contributed by atoms with van der Waals surface area (Å²) in [6, 6.07) is 0. The van der Waals surface area contributed by atoms with E-state index in [0.717, 1.165) is 5.57 Å². The third-order valence-corrected chi connectivity index (χ3v) is 0.897. The number of hydrogen-bond acceptors (Lipinski definition) is 2. The molecule has 0 aromatic rings. The molecule has 2 nitrogen and oxygen atoms in total. The van der Waals surface area contributed by atoms with Gasteiger partial charge in [-0.25, -0.2) is 5.48 Å². The molecule has 1 heterocycles. The molecule has 0 aromatic carbocycles. The Morgan fingerprint density at radius 3 is 2.71 bits per heavy atom. The first kappa shape index (κ1) is 4.24. The Balaban J connectivity index is 2.72. The highest BCUT2D eigenvalue weighted by Crippen LogP contribution is 2.09. The zero-order valence-electron chi connectivity index (χ0n) is 4.19. The van der Waals surface area contributed by atoms with Crippen molar-refractivity contribution in [1.82, 2.24) is 5.48 Å². The van der Waals surface area contributed by atoms with Crippen molar-refractivity contribution in [3.05, 3.63) is 24.1 Å². The largest absolute Gasteiger partial charge is 0.383 e. The molecule has 7 heavy (non-hydrogen) atoms. The van der Waals surface area contributed by atoms with Crippen molar-refractivity contribution in [3.8, 4) is 0 Å². The summed E-state index contributed by atoms with van der Waals surface area (Å²) >= 11 is 0. The van der Waals surface area contributed by atoms with Crippen molar-refractivity contribution in [2.75, 3.05) is 0 Å². The smallest absolute Gasteiger partial charge is 0.152 e. The molecule has 0 saturated heterocycles. The maximum Gasteiger partial charge on any atom is 0.152 e. The molecule has 1 rings (SSSR count). The molecule has 1 N–H and O–H groups in total. The van der Waals surface area contributed by atoms with E-state index in [1.165, 1.54) is 0 Å². The average Bonchev–Trinajstić information content (AvgIpc) is 1.91. The highest BCUT2D eigenvalue weighted by atomic mass is 16.7. The van der Waals surface area contributed by atoms with Crippen LogP contribution < -0.4 is 5.48 Å². The molecule has 1 aliphatic heterocycles. The molecule has 0 aromatic heterocycles. The van der Waals surface area contributed by atoms with Crippen LogP contribution >= 0.6 is 0 Å². The Kier molecular flexibility index (Phi) is 0.785. The second-order valence-electron chi connectivity index (χ2n) is 1.47. The third kappa shape index (κ3) is 0.585. The van der Waals surface area contributed by atoms with Gasteiger partial charge in [0.25, 0.3) is 0 Å². The molecule has 0 atom stereocenters. The average molecular weight is 97.1 g/mol. The fourth-order valence-electron chi connectivity index (χ4n) is 0.350. The van der Waals surface area contributed by atoms with Crippen molar-refractivity contribution < 1.29 is 4.84 Å². The molecule has 1 aliphatic rings. The molecule has 0 unspecified atom stereocenters. The van der Waals surface area contributed by atoms with Crippen LogP contribution in [0.3, 0.4) is 0 Å². The SMILES string of the molecule is C=C1ONC=C1C. The van der Waals surface area contributed by atoms with Gasteiger partial charge in [0.1, 0.15) is 0 Å². The van der Waals surface area contributed by atoms with Gasteiger partial charge >= 0.3 is 0 Å². The van der Waals surface area contributed by atoms with Gasteiger partial charge in [-0.1, -0.05) is 6.58 Å². The number of allylic oxidation sites excluding steroid dienone is 1. The lowest BCUT2D eigenvalue weighted by Crippen LogP contribution is -1.94. The minimum atomic E-state index is 0.708. The molecule has 2 heteroatoms. The monoisotopic (exact) mass is 97.1 g/mol. The predicted octanol–water partition coefficient (Wildman–Crippen LogP) is 0.939. The van der Waals surface area contributed by atoms with Crippen LogP contribution in [0.2, 0.25) is 0 Å². The summed E-state index contributed by atoms with van der Waals surface area (Å²) in [4.78, 5) is 4.73. The fourth-order valence-corrected chi connectivity index (χ4v) is 0.350. The minimum Gasteiger partial charge on any atom is -0.383 e. The molecule has 0 bridgehead atoms. The molecule has 0 aliphatic carbocycles. The highest BCUT2D eigenvalue weighted by molar-refractivity contribution is 5.22. The van der Waals surface area contributed by atoms with Gasteiger partial charge in [-0.05, 0) is 6.92 Å². The van der Waals surface area contributed by atoms with E-state index in [0.29, 0.717) is 5.76 Å². The van der Waals surface area contributed by atoms with E-state index in [4.69, 9.17) is 4.84 Å². The second-order valence-corrected chi connectivity index (χ2v) is 1.47. The van der Waals surface area contributed by atoms with Gasteiger partial charge in [-0.15, -0.1) is 0 Å². The molecule has 0 saturated carbocycles. The summed E-state index contributed by atoms with van der Waals surface area (Å²) < 4.78 is 0. The van der Waals surface area contributed by atoms with E-state index < -0.39 is 0 Å². The van der Waals surface area contributed by atoms with Gasteiger partial charge in [-0.3, -0.25) is 0 Å². The first-order valence-corrected chi connectivity index (χ1v) is 2.09. The Morgan fingerprint density at radius 2 is 2.57 bits per heavy atom. The summed E-state index contributed by atoms with van der Waals surface area (Å²) in [6.07, 6.45) is 1.77. The lowest BCUT2D eigenvalue weighted by atomic mass is 10.3. The van der Waals surface area contributed by atoms with E-state index in [2.05, 4.69) is 12.1 Å². The zero-order chi connectivity index (χ0) is 5.28. The van der Waals surface area contributed by atoms with Gasteiger partial charge in [-0.2, -0.15) is 0 Å². The lowest BCUT2D eigenvalue weighted by Gasteiger charge is -1.92. The van der Waals surface area contributed by atoms with Crippen molar-refractivity contribution in [2.24, 2.45) is 0 Å². The van der Waals surface area contributed by atoms with Crippen LogP contribution in [0.5, 0.6) is 0 Å². The van der Waals surface area contributed by atoms with Gasteiger partial charge in [0, 0.05) is 11.8 Å². The molecule has 0 spiro atoms. The van der Waals surface area contributed by atoms with Crippen molar-refractivity contribution >= 4 is 0 Å². The summed E-state index contributed by atoms with van der Waals surface area (Å²) in [5.41, 5.74) is 3.62. The second kappa shape index (κ2) is 1.30. The summed E-state index contributed by atoms with van der Waals surface area (Å²) in [7, 11) is 0. The summed E-state index contributed by atoms with van der Waals surface area (Å²) in [5.74, 6) is 0.708. The first-order chi connectivity index (χ1) is 3.30. The van der Waals surface area contributed by atoms with E-state index in [1.54, 1.807) is 6.20 Å². The molecular formula is C5H7NO. The standard InChI is InChI=1S/C5H7NO/c1-4-3-6-7-5(4)2/h3,6H,2H2,1H3. The van der Waals surface area contributed by atoms with E-state index >= 15 is 0 Å². The van der Waals surface area contributed by atoms with Gasteiger partial charge in [0.15, 0.2) is 5.76 Å². The number of nitrogens with one attached hydrogen (secondary N) is 1. The number of rotatable bonds is 0. The van der Waals surface area contributed by atoms with Crippen LogP contribution in [-0.2, 0) is 4.84 Å². The molecule has 0 radical (unpaired) electrons. The van der Waals surface area contributed by atoms with Crippen LogP contribution in [-0.4, -0.2) is 0 Å². The van der Waals surface area contributed by atoms with Crippen LogP contribution in [0.1, 0.15) is 6.92 Å².